The number of halogens is 3. The largest absolute Gasteiger partial charge is 0.483 e. The van der Waals surface area contributed by atoms with Crippen molar-refractivity contribution >= 4 is 41.4 Å². The van der Waals surface area contributed by atoms with E-state index in [-0.39, 0.29) is 12.4 Å². The molecule has 0 aliphatic carbocycles. The van der Waals surface area contributed by atoms with Gasteiger partial charge in [0.15, 0.2) is 5.75 Å². The third-order valence-electron chi connectivity index (χ3n) is 2.02. The number of hydrogen-bond donors (Lipinski definition) is 1. The SMILES string of the molecule is Cl.Clc1cccc(Cl)c1OCC1=NCCN1. The molecule has 0 unspecified atom stereocenters. The molecule has 3 nitrogen and oxygen atoms in total. The van der Waals surface area contributed by atoms with Crippen LogP contribution in [0.5, 0.6) is 5.75 Å². The summed E-state index contributed by atoms with van der Waals surface area (Å²) in [6, 6.07) is 5.27. The third-order valence-corrected chi connectivity index (χ3v) is 2.61. The molecule has 1 heterocycles. The summed E-state index contributed by atoms with van der Waals surface area (Å²) in [5.41, 5.74) is 0. The molecule has 16 heavy (non-hydrogen) atoms. The molecule has 0 fully saturated rings. The van der Waals surface area contributed by atoms with E-state index in [9.17, 15) is 0 Å². The Bertz CT molecular complexity index is 375. The second-order valence-corrected chi connectivity index (χ2v) is 3.91. The molecule has 1 N–H and O–H groups in total. The van der Waals surface area contributed by atoms with Crippen molar-refractivity contribution in [1.82, 2.24) is 5.32 Å². The summed E-state index contributed by atoms with van der Waals surface area (Å²) in [6.45, 7) is 2.05. The van der Waals surface area contributed by atoms with E-state index >= 15 is 0 Å². The summed E-state index contributed by atoms with van der Waals surface area (Å²) in [6.07, 6.45) is 0. The van der Waals surface area contributed by atoms with Gasteiger partial charge in [-0.15, -0.1) is 12.4 Å². The van der Waals surface area contributed by atoms with Crippen molar-refractivity contribution in [1.29, 1.82) is 0 Å². The van der Waals surface area contributed by atoms with Gasteiger partial charge in [-0.3, -0.25) is 4.99 Å². The van der Waals surface area contributed by atoms with Crippen molar-refractivity contribution in [3.8, 4) is 5.75 Å². The number of ether oxygens (including phenoxy) is 1. The Kier molecular flexibility index (Phi) is 5.19. The molecule has 1 aliphatic rings. The van der Waals surface area contributed by atoms with Gasteiger partial charge in [0.05, 0.1) is 16.6 Å². The van der Waals surface area contributed by atoms with Gasteiger partial charge in [0, 0.05) is 6.54 Å². The average Bonchev–Trinajstić information content (AvgIpc) is 2.70. The number of hydrogen-bond acceptors (Lipinski definition) is 3. The highest BCUT2D eigenvalue weighted by molar-refractivity contribution is 6.37. The Labute approximate surface area is 110 Å². The highest BCUT2D eigenvalue weighted by Gasteiger charge is 2.10. The third kappa shape index (κ3) is 3.17. The predicted molar refractivity (Wildman–Crippen MR) is 69.5 cm³/mol. The van der Waals surface area contributed by atoms with Crippen LogP contribution in [0, 0.1) is 0 Å². The van der Waals surface area contributed by atoms with Crippen molar-refractivity contribution in [3.05, 3.63) is 28.2 Å². The molecule has 0 aromatic heterocycles. The van der Waals surface area contributed by atoms with Crippen molar-refractivity contribution in [2.45, 2.75) is 0 Å². The zero-order valence-electron chi connectivity index (χ0n) is 8.37. The number of nitrogens with one attached hydrogen (secondary N) is 1. The summed E-state index contributed by atoms with van der Waals surface area (Å²) in [5.74, 6) is 1.35. The Morgan fingerprint density at radius 3 is 2.56 bits per heavy atom. The molecule has 6 heteroatoms. The smallest absolute Gasteiger partial charge is 0.157 e. The fourth-order valence-corrected chi connectivity index (χ4v) is 1.81. The maximum atomic E-state index is 5.95. The predicted octanol–water partition coefficient (Wildman–Crippen LogP) is 2.80. The van der Waals surface area contributed by atoms with Gasteiger partial charge in [-0.05, 0) is 12.1 Å². The van der Waals surface area contributed by atoms with Gasteiger partial charge in [0.25, 0.3) is 0 Å². The van der Waals surface area contributed by atoms with Crippen LogP contribution in [-0.4, -0.2) is 25.5 Å². The minimum atomic E-state index is 0. The average molecular weight is 282 g/mol. The Balaban J connectivity index is 0.00000128. The van der Waals surface area contributed by atoms with Crippen LogP contribution in [0.3, 0.4) is 0 Å². The van der Waals surface area contributed by atoms with Crippen molar-refractivity contribution < 1.29 is 4.74 Å². The number of para-hydroxylation sites is 1. The highest BCUT2D eigenvalue weighted by atomic mass is 35.5. The van der Waals surface area contributed by atoms with Crippen LogP contribution < -0.4 is 10.1 Å². The Morgan fingerprint density at radius 2 is 2.00 bits per heavy atom. The highest BCUT2D eigenvalue weighted by Crippen LogP contribution is 2.32. The molecule has 0 saturated heterocycles. The molecule has 0 radical (unpaired) electrons. The van der Waals surface area contributed by atoms with E-state index in [1.165, 1.54) is 0 Å². The molecular weight excluding hydrogens is 270 g/mol. The lowest BCUT2D eigenvalue weighted by molar-refractivity contribution is 0.374. The van der Waals surface area contributed by atoms with Gasteiger partial charge in [-0.25, -0.2) is 0 Å². The van der Waals surface area contributed by atoms with Crippen molar-refractivity contribution in [2.75, 3.05) is 19.7 Å². The summed E-state index contributed by atoms with van der Waals surface area (Å²) in [5, 5.41) is 4.13. The fraction of sp³-hybridized carbons (Fsp3) is 0.300. The molecule has 0 saturated carbocycles. The molecule has 0 atom stereocenters. The fourth-order valence-electron chi connectivity index (χ4n) is 1.30. The van der Waals surface area contributed by atoms with E-state index in [0.29, 0.717) is 22.4 Å². The van der Waals surface area contributed by atoms with Gasteiger partial charge >= 0.3 is 0 Å². The number of nitrogens with zero attached hydrogens (tertiary/aromatic N) is 1. The second-order valence-electron chi connectivity index (χ2n) is 3.09. The normalized spacial score (nSPS) is 13.8. The Hall–Kier alpha value is -0.640. The summed E-state index contributed by atoms with van der Waals surface area (Å²) in [4.78, 5) is 4.20. The van der Waals surface area contributed by atoms with Gasteiger partial charge in [0.2, 0.25) is 0 Å². The van der Waals surface area contributed by atoms with E-state index in [4.69, 9.17) is 27.9 Å². The first-order chi connectivity index (χ1) is 7.27. The Morgan fingerprint density at radius 1 is 1.31 bits per heavy atom. The summed E-state index contributed by atoms with van der Waals surface area (Å²) in [7, 11) is 0. The van der Waals surface area contributed by atoms with E-state index in [2.05, 4.69) is 10.3 Å². The molecule has 0 spiro atoms. The number of rotatable bonds is 3. The van der Waals surface area contributed by atoms with Gasteiger partial charge in [-0.2, -0.15) is 0 Å². The zero-order chi connectivity index (χ0) is 10.7. The molecule has 1 aromatic rings. The molecular formula is C10H11Cl3N2O. The quantitative estimate of drug-likeness (QED) is 0.924. The van der Waals surface area contributed by atoms with E-state index in [1.807, 2.05) is 0 Å². The number of amidine groups is 1. The first-order valence-corrected chi connectivity index (χ1v) is 5.37. The molecule has 0 bridgehead atoms. The van der Waals surface area contributed by atoms with Crippen molar-refractivity contribution in [3.63, 3.8) is 0 Å². The lowest BCUT2D eigenvalue weighted by atomic mass is 10.3. The first kappa shape index (κ1) is 13.4. The summed E-state index contributed by atoms with van der Waals surface area (Å²) < 4.78 is 5.49. The number of benzene rings is 1. The molecule has 2 rings (SSSR count). The summed E-state index contributed by atoms with van der Waals surface area (Å²) >= 11 is 11.9. The van der Waals surface area contributed by atoms with Gasteiger partial charge in [0.1, 0.15) is 12.4 Å². The van der Waals surface area contributed by atoms with Crippen LogP contribution in [0.4, 0.5) is 0 Å². The van der Waals surface area contributed by atoms with Crippen LogP contribution in [0.1, 0.15) is 0 Å². The topological polar surface area (TPSA) is 33.6 Å². The molecule has 1 aromatic carbocycles. The number of aliphatic imine (C=N–C) groups is 1. The maximum absolute atomic E-state index is 5.95. The van der Waals surface area contributed by atoms with Crippen LogP contribution in [0.15, 0.2) is 23.2 Å². The van der Waals surface area contributed by atoms with E-state index < -0.39 is 0 Å². The second kappa shape index (κ2) is 6.18. The van der Waals surface area contributed by atoms with Gasteiger partial charge in [-0.1, -0.05) is 29.3 Å². The molecule has 88 valence electrons. The standard InChI is InChI=1S/C10H10Cl2N2O.ClH/c11-7-2-1-3-8(12)10(7)15-6-9-13-4-5-14-9;/h1-3H,4-6H2,(H,13,14);1H. The van der Waals surface area contributed by atoms with Crippen LogP contribution in [0.2, 0.25) is 10.0 Å². The minimum Gasteiger partial charge on any atom is -0.483 e. The lowest BCUT2D eigenvalue weighted by Crippen LogP contribution is -2.25. The maximum Gasteiger partial charge on any atom is 0.157 e. The lowest BCUT2D eigenvalue weighted by Gasteiger charge is -2.09. The monoisotopic (exact) mass is 280 g/mol. The van der Waals surface area contributed by atoms with Crippen LogP contribution >= 0.6 is 35.6 Å². The first-order valence-electron chi connectivity index (χ1n) is 4.61. The van der Waals surface area contributed by atoms with Crippen molar-refractivity contribution in [2.24, 2.45) is 4.99 Å². The minimum absolute atomic E-state index is 0. The molecule has 0 amide bonds. The van der Waals surface area contributed by atoms with E-state index in [0.717, 1.165) is 18.9 Å². The van der Waals surface area contributed by atoms with Crippen LogP contribution in [0.25, 0.3) is 0 Å². The van der Waals surface area contributed by atoms with E-state index in [1.54, 1.807) is 18.2 Å². The van der Waals surface area contributed by atoms with Crippen LogP contribution in [-0.2, 0) is 0 Å². The van der Waals surface area contributed by atoms with Gasteiger partial charge < -0.3 is 10.1 Å². The molecule has 1 aliphatic heterocycles. The zero-order valence-corrected chi connectivity index (χ0v) is 10.7.